The number of hydrogen-bond acceptors (Lipinski definition) is 2. The van der Waals surface area contributed by atoms with E-state index in [9.17, 15) is 0 Å². The molecule has 66 valence electrons. The second-order valence-electron chi connectivity index (χ2n) is 2.91. The molecule has 0 spiro atoms. The Hall–Kier alpha value is -1.57. The van der Waals surface area contributed by atoms with E-state index in [1.165, 1.54) is 0 Å². The number of hydrogen-bond donors (Lipinski definition) is 0. The highest BCUT2D eigenvalue weighted by Gasteiger charge is 2.14. The minimum Gasteiger partial charge on any atom is -0.454 e. The van der Waals surface area contributed by atoms with Crippen molar-refractivity contribution in [2.24, 2.45) is 4.99 Å². The predicted molar refractivity (Wildman–Crippen MR) is 53.6 cm³/mol. The Labute approximate surface area is 77.6 Å². The normalized spacial score (nSPS) is 14.5. The van der Waals surface area contributed by atoms with Crippen LogP contribution in [0.1, 0.15) is 13.3 Å². The van der Waals surface area contributed by atoms with Gasteiger partial charge in [0, 0.05) is 0 Å². The van der Waals surface area contributed by atoms with E-state index in [2.05, 4.69) is 11.6 Å². The molecule has 0 amide bonds. The standard InChI is InChI=1S/C11H11NO/c1-3-9-8(2)13-11-7-5-4-6-10(11)12-9/h4-7H,2-3H2,1H3. The monoisotopic (exact) mass is 173 g/mol. The number of nitrogens with zero attached hydrogens (tertiary/aromatic N) is 1. The molecule has 0 radical (unpaired) electrons. The molecule has 2 heteroatoms. The molecular weight excluding hydrogens is 162 g/mol. The minimum atomic E-state index is 0.668. The van der Waals surface area contributed by atoms with Gasteiger partial charge in [-0.25, -0.2) is 4.99 Å². The van der Waals surface area contributed by atoms with E-state index in [1.54, 1.807) is 0 Å². The van der Waals surface area contributed by atoms with E-state index >= 15 is 0 Å². The summed E-state index contributed by atoms with van der Waals surface area (Å²) in [6, 6.07) is 7.72. The summed E-state index contributed by atoms with van der Waals surface area (Å²) in [6.45, 7) is 5.86. The van der Waals surface area contributed by atoms with Crippen LogP contribution >= 0.6 is 0 Å². The van der Waals surface area contributed by atoms with Crippen LogP contribution in [0.25, 0.3) is 0 Å². The topological polar surface area (TPSA) is 21.6 Å². The van der Waals surface area contributed by atoms with Crippen molar-refractivity contribution in [3.8, 4) is 5.75 Å². The average molecular weight is 173 g/mol. The zero-order valence-corrected chi connectivity index (χ0v) is 7.58. The van der Waals surface area contributed by atoms with Crippen molar-refractivity contribution >= 4 is 11.4 Å². The Morgan fingerprint density at radius 3 is 2.92 bits per heavy atom. The van der Waals surface area contributed by atoms with Gasteiger partial charge in [0.15, 0.2) is 5.75 Å². The molecule has 2 rings (SSSR count). The van der Waals surface area contributed by atoms with Crippen LogP contribution in [0.5, 0.6) is 5.75 Å². The van der Waals surface area contributed by atoms with E-state index in [4.69, 9.17) is 4.74 Å². The lowest BCUT2D eigenvalue weighted by Crippen LogP contribution is -2.10. The quantitative estimate of drug-likeness (QED) is 0.639. The lowest BCUT2D eigenvalue weighted by molar-refractivity contribution is 0.450. The van der Waals surface area contributed by atoms with Gasteiger partial charge < -0.3 is 4.74 Å². The van der Waals surface area contributed by atoms with E-state index in [0.29, 0.717) is 5.76 Å². The molecule has 0 N–H and O–H groups in total. The highest BCUT2D eigenvalue weighted by atomic mass is 16.5. The van der Waals surface area contributed by atoms with Gasteiger partial charge in [-0.3, -0.25) is 0 Å². The molecule has 0 bridgehead atoms. The van der Waals surface area contributed by atoms with Crippen LogP contribution in [-0.2, 0) is 0 Å². The van der Waals surface area contributed by atoms with Gasteiger partial charge >= 0.3 is 0 Å². The summed E-state index contributed by atoms with van der Waals surface area (Å²) in [5, 5.41) is 0. The molecule has 1 aliphatic heterocycles. The minimum absolute atomic E-state index is 0.668. The molecule has 2 nitrogen and oxygen atoms in total. The third kappa shape index (κ3) is 1.35. The van der Waals surface area contributed by atoms with Crippen LogP contribution in [0.3, 0.4) is 0 Å². The fourth-order valence-corrected chi connectivity index (χ4v) is 1.31. The Morgan fingerprint density at radius 2 is 2.15 bits per heavy atom. The van der Waals surface area contributed by atoms with Gasteiger partial charge in [-0.2, -0.15) is 0 Å². The molecule has 0 saturated carbocycles. The first-order valence-corrected chi connectivity index (χ1v) is 4.35. The predicted octanol–water partition coefficient (Wildman–Crippen LogP) is 3.08. The fraction of sp³-hybridized carbons (Fsp3) is 0.182. The lowest BCUT2D eigenvalue weighted by Gasteiger charge is -2.17. The lowest BCUT2D eigenvalue weighted by atomic mass is 10.2. The Kier molecular flexibility index (Phi) is 1.89. The van der Waals surface area contributed by atoms with E-state index in [-0.39, 0.29) is 0 Å². The van der Waals surface area contributed by atoms with Crippen LogP contribution < -0.4 is 4.74 Å². The maximum atomic E-state index is 5.51. The van der Waals surface area contributed by atoms with Crippen LogP contribution in [0.4, 0.5) is 5.69 Å². The van der Waals surface area contributed by atoms with Crippen LogP contribution in [0.15, 0.2) is 41.6 Å². The first-order chi connectivity index (χ1) is 6.31. The van der Waals surface area contributed by atoms with Crippen molar-refractivity contribution in [3.63, 3.8) is 0 Å². The van der Waals surface area contributed by atoms with Gasteiger partial charge in [0.2, 0.25) is 0 Å². The van der Waals surface area contributed by atoms with Gasteiger partial charge in [-0.05, 0) is 18.6 Å². The third-order valence-electron chi connectivity index (χ3n) is 2.01. The summed E-state index contributed by atoms with van der Waals surface area (Å²) in [7, 11) is 0. The Bertz CT molecular complexity index is 379. The number of aliphatic imine (C=N–C) groups is 1. The fourth-order valence-electron chi connectivity index (χ4n) is 1.31. The molecule has 0 unspecified atom stereocenters. The van der Waals surface area contributed by atoms with E-state index < -0.39 is 0 Å². The Morgan fingerprint density at radius 1 is 1.38 bits per heavy atom. The number of allylic oxidation sites excluding steroid dienone is 1. The van der Waals surface area contributed by atoms with E-state index in [0.717, 1.165) is 23.6 Å². The number of benzene rings is 1. The molecular formula is C11H11NO. The van der Waals surface area contributed by atoms with Gasteiger partial charge in [0.05, 0.1) is 5.71 Å². The van der Waals surface area contributed by atoms with Crippen LogP contribution in [0.2, 0.25) is 0 Å². The molecule has 1 aromatic rings. The maximum absolute atomic E-state index is 5.51. The van der Waals surface area contributed by atoms with Crippen molar-refractivity contribution in [1.29, 1.82) is 0 Å². The zero-order valence-electron chi connectivity index (χ0n) is 7.58. The van der Waals surface area contributed by atoms with Crippen molar-refractivity contribution in [2.45, 2.75) is 13.3 Å². The summed E-state index contributed by atoms with van der Waals surface area (Å²) in [6.07, 6.45) is 0.854. The highest BCUT2D eigenvalue weighted by molar-refractivity contribution is 6.01. The second kappa shape index (κ2) is 3.05. The molecule has 0 aliphatic carbocycles. The second-order valence-corrected chi connectivity index (χ2v) is 2.91. The van der Waals surface area contributed by atoms with Crippen molar-refractivity contribution in [3.05, 3.63) is 36.6 Å². The summed E-state index contributed by atoms with van der Waals surface area (Å²) in [5.74, 6) is 1.46. The molecule has 1 heterocycles. The number of rotatable bonds is 1. The number of para-hydroxylation sites is 2. The molecule has 0 atom stereocenters. The molecule has 0 aromatic heterocycles. The SMILES string of the molecule is C=C1Oc2ccccc2N=C1CC. The van der Waals surface area contributed by atoms with Crippen molar-refractivity contribution < 1.29 is 4.74 Å². The largest absolute Gasteiger partial charge is 0.454 e. The highest BCUT2D eigenvalue weighted by Crippen LogP contribution is 2.33. The molecule has 13 heavy (non-hydrogen) atoms. The van der Waals surface area contributed by atoms with Crippen LogP contribution in [0, 0.1) is 0 Å². The molecule has 1 aliphatic rings. The summed E-state index contributed by atoms with van der Waals surface area (Å²) in [4.78, 5) is 4.44. The summed E-state index contributed by atoms with van der Waals surface area (Å²) >= 11 is 0. The maximum Gasteiger partial charge on any atom is 0.153 e. The summed E-state index contributed by atoms with van der Waals surface area (Å²) in [5.41, 5.74) is 1.82. The molecule has 1 aromatic carbocycles. The van der Waals surface area contributed by atoms with Gasteiger partial charge in [-0.15, -0.1) is 0 Å². The van der Waals surface area contributed by atoms with Gasteiger partial charge in [0.1, 0.15) is 11.4 Å². The first-order valence-electron chi connectivity index (χ1n) is 4.35. The number of fused-ring (bicyclic) bond motifs is 1. The van der Waals surface area contributed by atoms with E-state index in [1.807, 2.05) is 31.2 Å². The number of ether oxygens (including phenoxy) is 1. The first kappa shape index (κ1) is 8.05. The smallest absolute Gasteiger partial charge is 0.153 e. The van der Waals surface area contributed by atoms with Crippen molar-refractivity contribution in [1.82, 2.24) is 0 Å². The molecule has 0 saturated heterocycles. The Balaban J connectivity index is 2.50. The van der Waals surface area contributed by atoms with Gasteiger partial charge in [-0.1, -0.05) is 25.6 Å². The van der Waals surface area contributed by atoms with Crippen molar-refractivity contribution in [2.75, 3.05) is 0 Å². The summed E-state index contributed by atoms with van der Waals surface area (Å²) < 4.78 is 5.51. The molecule has 0 fully saturated rings. The zero-order chi connectivity index (χ0) is 9.26. The van der Waals surface area contributed by atoms with Gasteiger partial charge in [0.25, 0.3) is 0 Å². The average Bonchev–Trinajstić information content (AvgIpc) is 2.17. The van der Waals surface area contributed by atoms with Crippen LogP contribution in [-0.4, -0.2) is 5.71 Å². The third-order valence-corrected chi connectivity index (χ3v) is 2.01.